The highest BCUT2D eigenvalue weighted by Crippen LogP contribution is 2.40. The fourth-order valence-electron chi connectivity index (χ4n) is 3.01. The molecule has 3 rings (SSSR count). The maximum Gasteiger partial charge on any atom is 0.525 e. The first-order chi connectivity index (χ1) is 12.0. The first-order valence-corrected chi connectivity index (χ1v) is 9.21. The average Bonchev–Trinajstić information content (AvgIpc) is 2.78. The molecule has 1 aromatic carbocycles. The van der Waals surface area contributed by atoms with Crippen molar-refractivity contribution in [3.63, 3.8) is 0 Å². The zero-order valence-electron chi connectivity index (χ0n) is 16.3. The van der Waals surface area contributed by atoms with Gasteiger partial charge in [-0.3, -0.25) is 0 Å². The molecule has 1 heterocycles. The van der Waals surface area contributed by atoms with Crippen LogP contribution < -0.4 is 4.74 Å². The van der Waals surface area contributed by atoms with E-state index in [-0.39, 0.29) is 0 Å². The van der Waals surface area contributed by atoms with Gasteiger partial charge in [0.1, 0.15) is 18.1 Å². The Morgan fingerprint density at radius 2 is 1.65 bits per heavy atom. The number of halogens is 1. The van der Waals surface area contributed by atoms with Gasteiger partial charge < -0.3 is 19.2 Å². The maximum absolute atomic E-state index is 14.9. The molecule has 2 fully saturated rings. The molecule has 1 N–H and O–H groups in total. The molecule has 0 radical (unpaired) electrons. The van der Waals surface area contributed by atoms with Gasteiger partial charge in [0.2, 0.25) is 0 Å². The van der Waals surface area contributed by atoms with E-state index in [1.165, 1.54) is 0 Å². The van der Waals surface area contributed by atoms with Crippen LogP contribution in [0.25, 0.3) is 5.57 Å². The molecule has 2 aliphatic rings. The number of hydrogen-bond donors (Lipinski definition) is 1. The smallest absolute Gasteiger partial charge is 0.491 e. The van der Waals surface area contributed by atoms with Crippen LogP contribution in [-0.2, 0) is 9.31 Å². The first kappa shape index (κ1) is 19.4. The Morgan fingerprint density at radius 3 is 2.12 bits per heavy atom. The molecule has 1 aliphatic heterocycles. The highest BCUT2D eigenvalue weighted by molar-refractivity contribution is 6.55. The lowest BCUT2D eigenvalue weighted by Gasteiger charge is -2.36. The number of benzene rings is 1. The molecule has 4 nitrogen and oxygen atoms in total. The summed E-state index contributed by atoms with van der Waals surface area (Å²) >= 11 is 0. The molecule has 0 aromatic heterocycles. The van der Waals surface area contributed by atoms with Gasteiger partial charge in [-0.15, -0.1) is 0 Å². The zero-order valence-corrected chi connectivity index (χ0v) is 16.3. The Hall–Kier alpha value is -1.37. The highest BCUT2D eigenvalue weighted by Gasteiger charge is 2.53. The third-order valence-electron chi connectivity index (χ3n) is 5.90. The van der Waals surface area contributed by atoms with Crippen LogP contribution in [0.5, 0.6) is 5.75 Å². The Kier molecular flexibility index (Phi) is 4.97. The number of ether oxygens (including phenoxy) is 1. The van der Waals surface area contributed by atoms with E-state index in [0.717, 1.165) is 24.8 Å². The summed E-state index contributed by atoms with van der Waals surface area (Å²) < 4.78 is 32.1. The average molecular weight is 362 g/mol. The Morgan fingerprint density at radius 1 is 1.12 bits per heavy atom. The number of hydrogen-bond acceptors (Lipinski definition) is 4. The van der Waals surface area contributed by atoms with Gasteiger partial charge in [-0.1, -0.05) is 12.1 Å². The van der Waals surface area contributed by atoms with Crippen LogP contribution in [-0.4, -0.2) is 35.6 Å². The SMILES string of the molecule is CC(=C(F)B1OC(C)(C)C(C)(C)O1)c1ccc(OCC2(O)CCC2)cc1. The fraction of sp³-hybridized carbons (Fsp3) is 0.600. The fourth-order valence-corrected chi connectivity index (χ4v) is 3.01. The number of allylic oxidation sites excluding steroid dienone is 1. The van der Waals surface area contributed by atoms with Crippen molar-refractivity contribution < 1.29 is 23.5 Å². The second-order valence-electron chi connectivity index (χ2n) is 8.45. The van der Waals surface area contributed by atoms with Crippen molar-refractivity contribution in [1.29, 1.82) is 0 Å². The maximum atomic E-state index is 14.9. The van der Waals surface area contributed by atoms with Crippen molar-refractivity contribution in [1.82, 2.24) is 0 Å². The quantitative estimate of drug-likeness (QED) is 0.793. The van der Waals surface area contributed by atoms with Crippen LogP contribution in [0, 0.1) is 0 Å². The monoisotopic (exact) mass is 362 g/mol. The summed E-state index contributed by atoms with van der Waals surface area (Å²) in [5.74, 6) is 0.665. The van der Waals surface area contributed by atoms with Crippen molar-refractivity contribution >= 4 is 12.7 Å². The summed E-state index contributed by atoms with van der Waals surface area (Å²) in [6.45, 7) is 9.61. The van der Waals surface area contributed by atoms with E-state index in [2.05, 4.69) is 0 Å². The van der Waals surface area contributed by atoms with Crippen molar-refractivity contribution in [2.24, 2.45) is 0 Å². The third kappa shape index (κ3) is 3.68. The van der Waals surface area contributed by atoms with E-state index in [9.17, 15) is 9.50 Å². The normalized spacial score (nSPS) is 24.0. The molecule has 0 amide bonds. The molecule has 26 heavy (non-hydrogen) atoms. The van der Waals surface area contributed by atoms with Gasteiger partial charge in [-0.25, -0.2) is 4.39 Å². The molecule has 0 bridgehead atoms. The minimum atomic E-state index is -0.996. The molecule has 1 saturated carbocycles. The molecule has 1 aromatic rings. The van der Waals surface area contributed by atoms with E-state index >= 15 is 0 Å². The summed E-state index contributed by atoms with van der Waals surface area (Å²) in [7, 11) is -0.996. The van der Waals surface area contributed by atoms with Gasteiger partial charge in [0.15, 0.2) is 0 Å². The van der Waals surface area contributed by atoms with E-state index in [1.54, 1.807) is 31.2 Å². The van der Waals surface area contributed by atoms with E-state index in [4.69, 9.17) is 14.0 Å². The molecule has 0 atom stereocenters. The summed E-state index contributed by atoms with van der Waals surface area (Å²) in [5.41, 5.74) is -1.03. The summed E-state index contributed by atoms with van der Waals surface area (Å²) in [5, 5.41) is 10.1. The van der Waals surface area contributed by atoms with Crippen LogP contribution >= 0.6 is 0 Å². The number of aliphatic hydroxyl groups is 1. The van der Waals surface area contributed by atoms with Gasteiger partial charge in [0.25, 0.3) is 0 Å². The van der Waals surface area contributed by atoms with Crippen LogP contribution in [0.15, 0.2) is 30.0 Å². The van der Waals surface area contributed by atoms with Crippen molar-refractivity contribution in [2.45, 2.75) is 70.7 Å². The van der Waals surface area contributed by atoms with Gasteiger partial charge in [-0.2, -0.15) is 0 Å². The van der Waals surface area contributed by atoms with Gasteiger partial charge in [-0.05, 0) is 77.2 Å². The second-order valence-corrected chi connectivity index (χ2v) is 8.45. The molecule has 0 unspecified atom stereocenters. The van der Waals surface area contributed by atoms with E-state index < -0.39 is 29.6 Å². The van der Waals surface area contributed by atoms with Crippen LogP contribution in [0.4, 0.5) is 4.39 Å². The minimum Gasteiger partial charge on any atom is -0.491 e. The van der Waals surface area contributed by atoms with Gasteiger partial charge in [0, 0.05) is 0 Å². The number of rotatable bonds is 5. The van der Waals surface area contributed by atoms with Crippen LogP contribution in [0.3, 0.4) is 0 Å². The highest BCUT2D eigenvalue weighted by atomic mass is 19.1. The summed E-state index contributed by atoms with van der Waals surface area (Å²) in [6, 6.07) is 7.19. The topological polar surface area (TPSA) is 47.9 Å². The summed E-state index contributed by atoms with van der Waals surface area (Å²) in [4.78, 5) is 0. The van der Waals surface area contributed by atoms with Crippen molar-refractivity contribution in [3.8, 4) is 5.75 Å². The molecule has 6 heteroatoms. The standard InChI is InChI=1S/C20H28BFO4/c1-14(17(22)21-25-18(2,3)19(4,5)26-21)15-7-9-16(10-8-15)24-13-20(23)11-6-12-20/h7-10,23H,6,11-13H2,1-5H3. The lowest BCUT2D eigenvalue weighted by Crippen LogP contribution is -2.42. The summed E-state index contributed by atoms with van der Waals surface area (Å²) in [6.07, 6.45) is 2.61. The largest absolute Gasteiger partial charge is 0.525 e. The minimum absolute atomic E-state index is 0.295. The van der Waals surface area contributed by atoms with Crippen LogP contribution in [0.1, 0.15) is 59.4 Å². The molecule has 1 saturated heterocycles. The van der Waals surface area contributed by atoms with Crippen molar-refractivity contribution in [3.05, 3.63) is 35.6 Å². The Bertz CT molecular complexity index is 676. The molecule has 142 valence electrons. The van der Waals surface area contributed by atoms with E-state index in [0.29, 0.717) is 17.9 Å². The zero-order chi connectivity index (χ0) is 19.2. The third-order valence-corrected chi connectivity index (χ3v) is 5.90. The Balaban J connectivity index is 1.69. The lowest BCUT2D eigenvalue weighted by atomic mass is 9.81. The predicted octanol–water partition coefficient (Wildman–Crippen LogP) is 4.31. The van der Waals surface area contributed by atoms with E-state index in [1.807, 2.05) is 27.7 Å². The molecular weight excluding hydrogens is 334 g/mol. The van der Waals surface area contributed by atoms with Crippen LogP contribution in [0.2, 0.25) is 0 Å². The second kappa shape index (κ2) is 6.66. The molecule has 0 spiro atoms. The molecule has 1 aliphatic carbocycles. The van der Waals surface area contributed by atoms with Crippen molar-refractivity contribution in [2.75, 3.05) is 6.61 Å². The van der Waals surface area contributed by atoms with Gasteiger partial charge in [0.05, 0.1) is 16.8 Å². The first-order valence-electron chi connectivity index (χ1n) is 9.21. The van der Waals surface area contributed by atoms with Gasteiger partial charge >= 0.3 is 7.12 Å². The molecular formula is C20H28BFO4. The predicted molar refractivity (Wildman–Crippen MR) is 101 cm³/mol. The lowest BCUT2D eigenvalue weighted by molar-refractivity contribution is -0.0663. The Labute approximate surface area is 155 Å².